The Kier molecular flexibility index (Phi) is 6.48. The van der Waals surface area contributed by atoms with Gasteiger partial charge in [-0.1, -0.05) is 13.3 Å². The van der Waals surface area contributed by atoms with E-state index in [0.29, 0.717) is 12.4 Å². The molecular formula is C22H18FN3O3. The van der Waals surface area contributed by atoms with Crippen molar-refractivity contribution >= 4 is 5.97 Å². The molecule has 0 radical (unpaired) electrons. The number of esters is 1. The Bertz CT molecular complexity index is 1030. The first kappa shape index (κ1) is 20.0. The van der Waals surface area contributed by atoms with Crippen molar-refractivity contribution in [2.24, 2.45) is 0 Å². The number of ether oxygens (including phenoxy) is 2. The third kappa shape index (κ3) is 5.14. The van der Waals surface area contributed by atoms with E-state index in [1.54, 1.807) is 6.07 Å². The third-order valence-electron chi connectivity index (χ3n) is 4.04. The van der Waals surface area contributed by atoms with Gasteiger partial charge in [0.1, 0.15) is 23.4 Å². The molecule has 0 amide bonds. The van der Waals surface area contributed by atoms with E-state index in [4.69, 9.17) is 14.7 Å². The van der Waals surface area contributed by atoms with E-state index in [-0.39, 0.29) is 16.9 Å². The number of carbonyl (C=O) groups is 1. The summed E-state index contributed by atoms with van der Waals surface area (Å²) >= 11 is 0. The second-order valence-corrected chi connectivity index (χ2v) is 6.16. The fourth-order valence-electron chi connectivity index (χ4n) is 2.43. The molecular weight excluding hydrogens is 373 g/mol. The summed E-state index contributed by atoms with van der Waals surface area (Å²) in [6, 6.07) is 12.6. The molecule has 0 aliphatic carbocycles. The summed E-state index contributed by atoms with van der Waals surface area (Å²) < 4.78 is 24.3. The normalized spacial score (nSPS) is 10.2. The summed E-state index contributed by atoms with van der Waals surface area (Å²) in [6.07, 6.45) is 4.75. The van der Waals surface area contributed by atoms with Crippen molar-refractivity contribution in [1.82, 2.24) is 9.97 Å². The zero-order valence-corrected chi connectivity index (χ0v) is 15.8. The van der Waals surface area contributed by atoms with Gasteiger partial charge in [-0.05, 0) is 42.8 Å². The number of unbranched alkanes of at least 4 members (excludes halogenated alkanes) is 1. The lowest BCUT2D eigenvalue weighted by molar-refractivity contribution is 0.0733. The number of nitrogens with zero attached hydrogens (tertiary/aromatic N) is 3. The molecule has 1 heterocycles. The monoisotopic (exact) mass is 391 g/mol. The topological polar surface area (TPSA) is 85.1 Å². The van der Waals surface area contributed by atoms with E-state index in [2.05, 4.69) is 16.9 Å². The van der Waals surface area contributed by atoms with Gasteiger partial charge >= 0.3 is 5.97 Å². The molecule has 1 aromatic heterocycles. The predicted octanol–water partition coefficient (Wildman–Crippen LogP) is 4.55. The maximum absolute atomic E-state index is 13.6. The fourth-order valence-corrected chi connectivity index (χ4v) is 2.43. The van der Waals surface area contributed by atoms with Gasteiger partial charge in [-0.15, -0.1) is 0 Å². The van der Waals surface area contributed by atoms with E-state index in [1.165, 1.54) is 24.5 Å². The Morgan fingerprint density at radius 3 is 2.41 bits per heavy atom. The molecule has 0 fully saturated rings. The molecule has 0 saturated carbocycles. The minimum atomic E-state index is -0.758. The molecule has 0 unspecified atom stereocenters. The number of benzene rings is 2. The average Bonchev–Trinajstić information content (AvgIpc) is 2.75. The second-order valence-electron chi connectivity index (χ2n) is 6.16. The van der Waals surface area contributed by atoms with Gasteiger partial charge in [0.15, 0.2) is 5.82 Å². The number of hydrogen-bond acceptors (Lipinski definition) is 6. The number of halogens is 1. The van der Waals surface area contributed by atoms with Crippen LogP contribution in [0.5, 0.6) is 11.5 Å². The molecule has 7 heteroatoms. The number of nitriles is 1. The standard InChI is InChI=1S/C22H18FN3O3/c1-2-3-10-28-18-7-4-15(5-8-18)21-25-13-17(14-26-21)22(27)29-19-9-6-16(12-24)20(23)11-19/h4-9,11,13-14H,2-3,10H2,1H3. The number of carbonyl (C=O) groups excluding carboxylic acids is 1. The van der Waals surface area contributed by atoms with Crippen LogP contribution in [-0.4, -0.2) is 22.5 Å². The van der Waals surface area contributed by atoms with Crippen LogP contribution in [-0.2, 0) is 0 Å². The summed E-state index contributed by atoms with van der Waals surface area (Å²) in [5.41, 5.74) is 0.777. The maximum Gasteiger partial charge on any atom is 0.346 e. The lowest BCUT2D eigenvalue weighted by atomic mass is 10.2. The first-order valence-corrected chi connectivity index (χ1v) is 9.08. The Balaban J connectivity index is 1.65. The van der Waals surface area contributed by atoms with Crippen molar-refractivity contribution in [3.63, 3.8) is 0 Å². The zero-order chi connectivity index (χ0) is 20.6. The molecule has 0 aliphatic rings. The smallest absolute Gasteiger partial charge is 0.346 e. The molecule has 146 valence electrons. The van der Waals surface area contributed by atoms with E-state index >= 15 is 0 Å². The van der Waals surface area contributed by atoms with E-state index in [1.807, 2.05) is 24.3 Å². The van der Waals surface area contributed by atoms with Gasteiger partial charge in [-0.3, -0.25) is 0 Å². The lowest BCUT2D eigenvalue weighted by Gasteiger charge is -2.07. The summed E-state index contributed by atoms with van der Waals surface area (Å²) in [4.78, 5) is 20.6. The molecule has 0 bridgehead atoms. The van der Waals surface area contributed by atoms with Crippen LogP contribution >= 0.6 is 0 Å². The first-order valence-electron chi connectivity index (χ1n) is 9.08. The molecule has 3 rings (SSSR count). The van der Waals surface area contributed by atoms with Crippen molar-refractivity contribution in [3.05, 3.63) is 71.8 Å². The van der Waals surface area contributed by atoms with Crippen molar-refractivity contribution in [1.29, 1.82) is 5.26 Å². The highest BCUT2D eigenvalue weighted by molar-refractivity contribution is 5.90. The third-order valence-corrected chi connectivity index (χ3v) is 4.04. The van der Waals surface area contributed by atoms with Crippen molar-refractivity contribution in [3.8, 4) is 29.0 Å². The highest BCUT2D eigenvalue weighted by atomic mass is 19.1. The SMILES string of the molecule is CCCCOc1ccc(-c2ncc(C(=O)Oc3ccc(C#N)c(F)c3)cn2)cc1. The van der Waals surface area contributed by atoms with Crippen LogP contribution in [0.2, 0.25) is 0 Å². The van der Waals surface area contributed by atoms with Gasteiger partial charge in [-0.25, -0.2) is 19.2 Å². The minimum Gasteiger partial charge on any atom is -0.494 e. The van der Waals surface area contributed by atoms with Crippen LogP contribution < -0.4 is 9.47 Å². The molecule has 3 aromatic rings. The molecule has 0 aliphatic heterocycles. The Labute approximate surface area is 167 Å². The van der Waals surface area contributed by atoms with Crippen LogP contribution in [0.4, 0.5) is 4.39 Å². The molecule has 6 nitrogen and oxygen atoms in total. The summed E-state index contributed by atoms with van der Waals surface area (Å²) in [5.74, 6) is -0.260. The van der Waals surface area contributed by atoms with Crippen molar-refractivity contribution < 1.29 is 18.7 Å². The highest BCUT2D eigenvalue weighted by Crippen LogP contribution is 2.20. The predicted molar refractivity (Wildman–Crippen MR) is 104 cm³/mol. The Morgan fingerprint density at radius 1 is 1.10 bits per heavy atom. The van der Waals surface area contributed by atoms with E-state index in [9.17, 15) is 9.18 Å². The Morgan fingerprint density at radius 2 is 1.79 bits per heavy atom. The Hall–Kier alpha value is -3.79. The average molecular weight is 391 g/mol. The van der Waals surface area contributed by atoms with Gasteiger partial charge in [0.2, 0.25) is 0 Å². The van der Waals surface area contributed by atoms with Gasteiger partial charge in [0.05, 0.1) is 17.7 Å². The minimum absolute atomic E-state index is 0.00533. The summed E-state index contributed by atoms with van der Waals surface area (Å²) in [5, 5.41) is 8.73. The molecule has 2 aromatic carbocycles. The molecule has 0 spiro atoms. The lowest BCUT2D eigenvalue weighted by Crippen LogP contribution is -2.10. The van der Waals surface area contributed by atoms with Gasteiger partial charge in [0.25, 0.3) is 0 Å². The molecule has 0 saturated heterocycles. The van der Waals surface area contributed by atoms with Crippen molar-refractivity contribution in [2.75, 3.05) is 6.61 Å². The van der Waals surface area contributed by atoms with Crippen LogP contribution in [0, 0.1) is 17.1 Å². The zero-order valence-electron chi connectivity index (χ0n) is 15.8. The molecule has 29 heavy (non-hydrogen) atoms. The second kappa shape index (κ2) is 9.42. The highest BCUT2D eigenvalue weighted by Gasteiger charge is 2.12. The van der Waals surface area contributed by atoms with Gasteiger partial charge in [0, 0.05) is 24.0 Å². The van der Waals surface area contributed by atoms with Crippen LogP contribution in [0.25, 0.3) is 11.4 Å². The number of rotatable bonds is 7. The summed E-state index contributed by atoms with van der Waals surface area (Å²) in [7, 11) is 0. The van der Waals surface area contributed by atoms with E-state index < -0.39 is 11.8 Å². The van der Waals surface area contributed by atoms with Crippen LogP contribution in [0.3, 0.4) is 0 Å². The largest absolute Gasteiger partial charge is 0.494 e. The number of aromatic nitrogens is 2. The summed E-state index contributed by atoms with van der Waals surface area (Å²) in [6.45, 7) is 2.78. The maximum atomic E-state index is 13.6. The van der Waals surface area contributed by atoms with Gasteiger partial charge < -0.3 is 9.47 Å². The number of hydrogen-bond donors (Lipinski definition) is 0. The quantitative estimate of drug-likeness (QED) is 0.334. The first-order chi connectivity index (χ1) is 14.1. The van der Waals surface area contributed by atoms with Crippen LogP contribution in [0.1, 0.15) is 35.7 Å². The molecule has 0 N–H and O–H groups in total. The fraction of sp³-hybridized carbons (Fsp3) is 0.182. The molecule has 0 atom stereocenters. The van der Waals surface area contributed by atoms with E-state index in [0.717, 1.165) is 30.2 Å². The van der Waals surface area contributed by atoms with Gasteiger partial charge in [-0.2, -0.15) is 5.26 Å². The van der Waals surface area contributed by atoms with Crippen molar-refractivity contribution in [2.45, 2.75) is 19.8 Å². The van der Waals surface area contributed by atoms with Crippen LogP contribution in [0.15, 0.2) is 54.9 Å².